The number of carbonyl (C=O) groups is 1. The first-order valence-corrected chi connectivity index (χ1v) is 6.90. The molecule has 0 heterocycles. The summed E-state index contributed by atoms with van der Waals surface area (Å²) in [6.07, 6.45) is 0. The lowest BCUT2D eigenvalue weighted by atomic mass is 10.1. The Kier molecular flexibility index (Phi) is 4.74. The molecule has 2 aromatic rings. The number of halogens is 2. The third kappa shape index (κ3) is 3.57. The van der Waals surface area contributed by atoms with Gasteiger partial charge in [0.15, 0.2) is 0 Å². The first-order valence-electron chi connectivity index (χ1n) is 6.11. The maximum Gasteiger partial charge on any atom is 0.221 e. The second kappa shape index (κ2) is 6.52. The lowest BCUT2D eigenvalue weighted by Gasteiger charge is -2.13. The van der Waals surface area contributed by atoms with Gasteiger partial charge in [-0.15, -0.1) is 0 Å². The second-order valence-corrected chi connectivity index (χ2v) is 5.14. The number of hydrogen-bond donors (Lipinski definition) is 2. The molecule has 1 amide bonds. The smallest absolute Gasteiger partial charge is 0.221 e. The molecule has 0 fully saturated rings. The summed E-state index contributed by atoms with van der Waals surface area (Å²) >= 11 is 3.31. The maximum atomic E-state index is 13.7. The van der Waals surface area contributed by atoms with Gasteiger partial charge in [-0.3, -0.25) is 4.79 Å². The number of anilines is 2. The molecule has 0 atom stereocenters. The molecule has 0 aromatic heterocycles. The monoisotopic (exact) mass is 336 g/mol. The van der Waals surface area contributed by atoms with Gasteiger partial charge in [-0.2, -0.15) is 0 Å². The Balaban J connectivity index is 2.17. The van der Waals surface area contributed by atoms with Gasteiger partial charge in [0.05, 0.1) is 5.69 Å². The summed E-state index contributed by atoms with van der Waals surface area (Å²) < 4.78 is 14.4. The Hall–Kier alpha value is -1.88. The Morgan fingerprint density at radius 3 is 2.65 bits per heavy atom. The third-order valence-electron chi connectivity index (χ3n) is 2.75. The molecular weight excluding hydrogens is 323 g/mol. The van der Waals surface area contributed by atoms with Gasteiger partial charge in [-0.05, 0) is 39.7 Å². The van der Waals surface area contributed by atoms with E-state index in [2.05, 4.69) is 26.6 Å². The number of nitrogens with one attached hydrogen (secondary N) is 2. The molecule has 2 N–H and O–H groups in total. The Labute approximate surface area is 125 Å². The van der Waals surface area contributed by atoms with Crippen LogP contribution in [0.3, 0.4) is 0 Å². The minimum absolute atomic E-state index is 0.135. The fourth-order valence-electron chi connectivity index (χ4n) is 1.84. The van der Waals surface area contributed by atoms with E-state index in [1.54, 1.807) is 12.1 Å². The molecule has 2 aromatic carbocycles. The summed E-state index contributed by atoms with van der Waals surface area (Å²) in [6.45, 7) is 1.87. The van der Waals surface area contributed by atoms with Crippen molar-refractivity contribution in [1.29, 1.82) is 0 Å². The molecule has 0 saturated carbocycles. The van der Waals surface area contributed by atoms with E-state index in [9.17, 15) is 9.18 Å². The molecule has 20 heavy (non-hydrogen) atoms. The predicted octanol–water partition coefficient (Wildman–Crippen LogP) is 4.16. The standard InChI is InChI=1S/C15H14BrFN2O/c1-10(20)19-14-8-3-2-5-11(14)9-18-15-12(16)6-4-7-13(15)17/h2-8,18H,9H2,1H3,(H,19,20). The molecule has 0 saturated heterocycles. The van der Waals surface area contributed by atoms with E-state index >= 15 is 0 Å². The quantitative estimate of drug-likeness (QED) is 0.880. The summed E-state index contributed by atoms with van der Waals surface area (Å²) in [5.74, 6) is -0.457. The van der Waals surface area contributed by atoms with E-state index in [4.69, 9.17) is 0 Å². The van der Waals surface area contributed by atoms with Gasteiger partial charge >= 0.3 is 0 Å². The highest BCUT2D eigenvalue weighted by atomic mass is 79.9. The highest BCUT2D eigenvalue weighted by molar-refractivity contribution is 9.10. The molecule has 0 unspecified atom stereocenters. The van der Waals surface area contributed by atoms with Crippen LogP contribution in [0.15, 0.2) is 46.9 Å². The zero-order chi connectivity index (χ0) is 14.5. The molecule has 0 aliphatic rings. The molecule has 0 aliphatic heterocycles. The third-order valence-corrected chi connectivity index (χ3v) is 3.41. The van der Waals surface area contributed by atoms with Gasteiger partial charge in [0, 0.05) is 23.6 Å². The van der Waals surface area contributed by atoms with Crippen LogP contribution in [0.5, 0.6) is 0 Å². The number of benzene rings is 2. The van der Waals surface area contributed by atoms with Gasteiger partial charge < -0.3 is 10.6 Å². The molecule has 5 heteroatoms. The maximum absolute atomic E-state index is 13.7. The highest BCUT2D eigenvalue weighted by Crippen LogP contribution is 2.26. The van der Waals surface area contributed by atoms with Crippen molar-refractivity contribution in [3.8, 4) is 0 Å². The van der Waals surface area contributed by atoms with Gasteiger partial charge in [-0.25, -0.2) is 4.39 Å². The van der Waals surface area contributed by atoms with Crippen LogP contribution < -0.4 is 10.6 Å². The topological polar surface area (TPSA) is 41.1 Å². The van der Waals surface area contributed by atoms with Gasteiger partial charge in [0.2, 0.25) is 5.91 Å². The van der Waals surface area contributed by atoms with E-state index in [-0.39, 0.29) is 11.7 Å². The summed E-state index contributed by atoms with van der Waals surface area (Å²) in [7, 11) is 0. The summed E-state index contributed by atoms with van der Waals surface area (Å²) in [5, 5.41) is 5.79. The second-order valence-electron chi connectivity index (χ2n) is 4.29. The zero-order valence-corrected chi connectivity index (χ0v) is 12.5. The van der Waals surface area contributed by atoms with Gasteiger partial charge in [-0.1, -0.05) is 24.3 Å². The van der Waals surface area contributed by atoms with E-state index in [1.165, 1.54) is 13.0 Å². The fourth-order valence-corrected chi connectivity index (χ4v) is 2.32. The number of para-hydroxylation sites is 2. The van der Waals surface area contributed by atoms with E-state index in [0.29, 0.717) is 16.7 Å². The molecule has 0 radical (unpaired) electrons. The van der Waals surface area contributed by atoms with Crippen molar-refractivity contribution in [1.82, 2.24) is 0 Å². The average Bonchev–Trinajstić information content (AvgIpc) is 2.39. The summed E-state index contributed by atoms with van der Waals surface area (Å²) in [5.41, 5.74) is 2.02. The van der Waals surface area contributed by atoms with Crippen molar-refractivity contribution in [3.05, 3.63) is 58.3 Å². The molecule has 0 aliphatic carbocycles. The van der Waals surface area contributed by atoms with Crippen LogP contribution >= 0.6 is 15.9 Å². The number of amides is 1. The van der Waals surface area contributed by atoms with E-state index < -0.39 is 0 Å². The van der Waals surface area contributed by atoms with Gasteiger partial charge in [0.1, 0.15) is 5.82 Å². The van der Waals surface area contributed by atoms with Crippen molar-refractivity contribution in [2.45, 2.75) is 13.5 Å². The van der Waals surface area contributed by atoms with Crippen LogP contribution in [-0.2, 0) is 11.3 Å². The molecular formula is C15H14BrFN2O. The van der Waals surface area contributed by atoms with E-state index in [1.807, 2.05) is 24.3 Å². The largest absolute Gasteiger partial charge is 0.378 e. The molecule has 3 nitrogen and oxygen atoms in total. The van der Waals surface area contributed by atoms with Crippen LogP contribution in [0, 0.1) is 5.82 Å². The lowest BCUT2D eigenvalue weighted by Crippen LogP contribution is -2.10. The summed E-state index contributed by atoms with van der Waals surface area (Å²) in [4.78, 5) is 11.1. The average molecular weight is 337 g/mol. The Morgan fingerprint density at radius 1 is 1.20 bits per heavy atom. The normalized spacial score (nSPS) is 10.2. The predicted molar refractivity (Wildman–Crippen MR) is 82.2 cm³/mol. The van der Waals surface area contributed by atoms with Crippen molar-refractivity contribution in [3.63, 3.8) is 0 Å². The van der Waals surface area contributed by atoms with Crippen LogP contribution in [0.1, 0.15) is 12.5 Å². The minimum atomic E-state index is -0.323. The van der Waals surface area contributed by atoms with Crippen LogP contribution in [0.2, 0.25) is 0 Å². The lowest BCUT2D eigenvalue weighted by molar-refractivity contribution is -0.114. The van der Waals surface area contributed by atoms with E-state index in [0.717, 1.165) is 11.3 Å². The molecule has 2 rings (SSSR count). The number of hydrogen-bond acceptors (Lipinski definition) is 2. The molecule has 104 valence electrons. The van der Waals surface area contributed by atoms with Crippen molar-refractivity contribution >= 4 is 33.2 Å². The summed E-state index contributed by atoms with van der Waals surface area (Å²) in [6, 6.07) is 12.2. The van der Waals surface area contributed by atoms with Crippen LogP contribution in [0.25, 0.3) is 0 Å². The molecule has 0 bridgehead atoms. The van der Waals surface area contributed by atoms with Crippen molar-refractivity contribution in [2.75, 3.05) is 10.6 Å². The highest BCUT2D eigenvalue weighted by Gasteiger charge is 2.08. The molecule has 0 spiro atoms. The number of carbonyl (C=O) groups excluding carboxylic acids is 1. The van der Waals surface area contributed by atoms with Crippen molar-refractivity contribution < 1.29 is 9.18 Å². The minimum Gasteiger partial charge on any atom is -0.378 e. The van der Waals surface area contributed by atoms with Crippen molar-refractivity contribution in [2.24, 2.45) is 0 Å². The van der Waals surface area contributed by atoms with Crippen LogP contribution in [0.4, 0.5) is 15.8 Å². The first kappa shape index (κ1) is 14.5. The first-order chi connectivity index (χ1) is 9.58. The zero-order valence-electron chi connectivity index (χ0n) is 10.9. The fraction of sp³-hybridized carbons (Fsp3) is 0.133. The van der Waals surface area contributed by atoms with Gasteiger partial charge in [0.25, 0.3) is 0 Å². The van der Waals surface area contributed by atoms with Crippen LogP contribution in [-0.4, -0.2) is 5.91 Å². The number of rotatable bonds is 4. The Morgan fingerprint density at radius 2 is 1.95 bits per heavy atom. The SMILES string of the molecule is CC(=O)Nc1ccccc1CNc1c(F)cccc1Br. The Bertz CT molecular complexity index is 611.